The van der Waals surface area contributed by atoms with Gasteiger partial charge in [0.25, 0.3) is 0 Å². The molecule has 1 saturated heterocycles. The van der Waals surface area contributed by atoms with Gasteiger partial charge in [-0.15, -0.1) is 0 Å². The molecule has 1 aliphatic heterocycles. The summed E-state index contributed by atoms with van der Waals surface area (Å²) in [5.41, 5.74) is 3.37. The summed E-state index contributed by atoms with van der Waals surface area (Å²) in [4.78, 5) is 13.5. The number of nitrogens with one attached hydrogen (secondary N) is 1. The number of carbonyl (C=O) groups is 1. The molecule has 0 saturated carbocycles. The van der Waals surface area contributed by atoms with Crippen LogP contribution in [0.5, 0.6) is 0 Å². The number of benzene rings is 1. The van der Waals surface area contributed by atoms with E-state index in [-0.39, 0.29) is 18.9 Å². The van der Waals surface area contributed by atoms with Crippen molar-refractivity contribution in [1.29, 1.82) is 0 Å². The van der Waals surface area contributed by atoms with Crippen LogP contribution in [0.1, 0.15) is 18.4 Å². The number of hydrogen-bond acceptors (Lipinski definition) is 4. The lowest BCUT2D eigenvalue weighted by Crippen LogP contribution is -2.44. The molecule has 0 spiro atoms. The minimum absolute atomic E-state index is 0.0759. The molecule has 1 aromatic rings. The van der Waals surface area contributed by atoms with Crippen LogP contribution in [0.4, 0.5) is 18.0 Å². The number of alkyl halides is 3. The first-order chi connectivity index (χ1) is 10.9. The molecule has 1 heterocycles. The van der Waals surface area contributed by atoms with Crippen LogP contribution in [0, 0.1) is 0 Å². The van der Waals surface area contributed by atoms with E-state index in [0.717, 1.165) is 5.56 Å². The standard InChI is InChI=1S/C15H18F3N3O2/c16-15(17,18)11-19-20-13-6-8-21(9-7-13)14(22)23-10-12-4-2-1-3-5-12/h1-5,11,13,20H,6-10H2. The molecule has 126 valence electrons. The molecule has 1 amide bonds. The first-order valence-corrected chi connectivity index (χ1v) is 7.26. The van der Waals surface area contributed by atoms with Crippen LogP contribution < -0.4 is 5.43 Å². The maximum atomic E-state index is 11.9. The number of amides is 1. The van der Waals surface area contributed by atoms with Crippen LogP contribution in [0.2, 0.25) is 0 Å². The fourth-order valence-electron chi connectivity index (χ4n) is 2.22. The third kappa shape index (κ3) is 6.17. The number of ether oxygens (including phenoxy) is 1. The van der Waals surface area contributed by atoms with Crippen molar-refractivity contribution in [3.63, 3.8) is 0 Å². The number of hydrazone groups is 1. The summed E-state index contributed by atoms with van der Waals surface area (Å²) in [6, 6.07) is 9.16. The summed E-state index contributed by atoms with van der Waals surface area (Å²) >= 11 is 0. The Balaban J connectivity index is 1.69. The molecule has 0 atom stereocenters. The van der Waals surface area contributed by atoms with Crippen molar-refractivity contribution < 1.29 is 22.7 Å². The normalized spacial score (nSPS) is 16.6. The van der Waals surface area contributed by atoms with Gasteiger partial charge in [0.05, 0.1) is 0 Å². The summed E-state index contributed by atoms with van der Waals surface area (Å²) in [6.07, 6.45) is -3.86. The Kier molecular flexibility index (Phi) is 5.84. The number of nitrogens with zero attached hydrogens (tertiary/aromatic N) is 2. The minimum Gasteiger partial charge on any atom is -0.445 e. The highest BCUT2D eigenvalue weighted by molar-refractivity contribution is 5.67. The Hall–Kier alpha value is -2.25. The largest absolute Gasteiger partial charge is 0.445 e. The van der Waals surface area contributed by atoms with E-state index in [1.807, 2.05) is 30.3 Å². The van der Waals surface area contributed by atoms with Crippen molar-refractivity contribution in [2.75, 3.05) is 13.1 Å². The molecule has 8 heteroatoms. The third-order valence-electron chi connectivity index (χ3n) is 3.43. The van der Waals surface area contributed by atoms with Crippen molar-refractivity contribution in [3.05, 3.63) is 35.9 Å². The van der Waals surface area contributed by atoms with Crippen molar-refractivity contribution in [3.8, 4) is 0 Å². The summed E-state index contributed by atoms with van der Waals surface area (Å²) < 4.78 is 41.0. The van der Waals surface area contributed by atoms with E-state index in [2.05, 4.69) is 10.5 Å². The van der Waals surface area contributed by atoms with Gasteiger partial charge in [-0.1, -0.05) is 30.3 Å². The molecule has 5 nitrogen and oxygen atoms in total. The van der Waals surface area contributed by atoms with Crippen LogP contribution in [0.25, 0.3) is 0 Å². The van der Waals surface area contributed by atoms with E-state index >= 15 is 0 Å². The van der Waals surface area contributed by atoms with E-state index in [1.165, 1.54) is 0 Å². The number of piperidine rings is 1. The predicted octanol–water partition coefficient (Wildman–Crippen LogP) is 2.93. The van der Waals surface area contributed by atoms with Gasteiger partial charge in [0, 0.05) is 19.1 Å². The zero-order valence-electron chi connectivity index (χ0n) is 12.4. The second kappa shape index (κ2) is 7.85. The van der Waals surface area contributed by atoms with Gasteiger partial charge in [-0.25, -0.2) is 4.79 Å². The molecule has 23 heavy (non-hydrogen) atoms. The molecule has 0 aromatic heterocycles. The average Bonchev–Trinajstić information content (AvgIpc) is 2.53. The summed E-state index contributed by atoms with van der Waals surface area (Å²) in [5.74, 6) is 0. The van der Waals surface area contributed by atoms with Crippen LogP contribution in [-0.4, -0.2) is 42.5 Å². The molecule has 1 aliphatic rings. The fraction of sp³-hybridized carbons (Fsp3) is 0.467. The SMILES string of the molecule is O=C(OCc1ccccc1)N1CCC(NN=CC(F)(F)F)CC1. The van der Waals surface area contributed by atoms with E-state index in [0.29, 0.717) is 25.9 Å². The topological polar surface area (TPSA) is 53.9 Å². The Bertz CT molecular complexity index is 527. The van der Waals surface area contributed by atoms with Crippen LogP contribution in [0.3, 0.4) is 0 Å². The van der Waals surface area contributed by atoms with Crippen molar-refractivity contribution >= 4 is 12.3 Å². The fourth-order valence-corrected chi connectivity index (χ4v) is 2.22. The monoisotopic (exact) mass is 329 g/mol. The Labute approximate surface area is 132 Å². The molecule has 1 fully saturated rings. The summed E-state index contributed by atoms with van der Waals surface area (Å²) in [5, 5.41) is 3.18. The summed E-state index contributed by atoms with van der Waals surface area (Å²) in [6.45, 7) is 1.05. The molecule has 1 aromatic carbocycles. The first-order valence-electron chi connectivity index (χ1n) is 7.26. The second-order valence-corrected chi connectivity index (χ2v) is 5.23. The van der Waals surface area contributed by atoms with E-state index in [1.54, 1.807) is 4.90 Å². The second-order valence-electron chi connectivity index (χ2n) is 5.23. The first kappa shape index (κ1) is 17.1. The van der Waals surface area contributed by atoms with E-state index < -0.39 is 12.3 Å². The van der Waals surface area contributed by atoms with Gasteiger partial charge in [-0.2, -0.15) is 18.3 Å². The Morgan fingerprint density at radius 2 is 1.96 bits per heavy atom. The highest BCUT2D eigenvalue weighted by atomic mass is 19.4. The van der Waals surface area contributed by atoms with Gasteiger partial charge < -0.3 is 15.1 Å². The third-order valence-corrected chi connectivity index (χ3v) is 3.43. The lowest BCUT2D eigenvalue weighted by molar-refractivity contribution is -0.0540. The Morgan fingerprint density at radius 3 is 2.57 bits per heavy atom. The minimum atomic E-state index is -4.42. The van der Waals surface area contributed by atoms with Gasteiger partial charge in [0.1, 0.15) is 12.8 Å². The molecule has 2 rings (SSSR count). The molecule has 0 bridgehead atoms. The molecule has 0 unspecified atom stereocenters. The number of hydrogen-bond donors (Lipinski definition) is 1. The van der Waals surface area contributed by atoms with Crippen LogP contribution >= 0.6 is 0 Å². The quantitative estimate of drug-likeness (QED) is 0.683. The lowest BCUT2D eigenvalue weighted by atomic mass is 10.1. The number of halogens is 3. The molecular formula is C15H18F3N3O2. The van der Waals surface area contributed by atoms with E-state index in [4.69, 9.17) is 4.74 Å². The van der Waals surface area contributed by atoms with Gasteiger partial charge in [0.2, 0.25) is 0 Å². The zero-order valence-corrected chi connectivity index (χ0v) is 12.4. The molecule has 0 radical (unpaired) electrons. The lowest BCUT2D eigenvalue weighted by Gasteiger charge is -2.30. The predicted molar refractivity (Wildman–Crippen MR) is 78.9 cm³/mol. The van der Waals surface area contributed by atoms with Crippen LogP contribution in [-0.2, 0) is 11.3 Å². The van der Waals surface area contributed by atoms with Crippen molar-refractivity contribution in [2.45, 2.75) is 31.7 Å². The average molecular weight is 329 g/mol. The highest BCUT2D eigenvalue weighted by Gasteiger charge is 2.26. The molecule has 0 aliphatic carbocycles. The molecule has 1 N–H and O–H groups in total. The zero-order chi connectivity index (χ0) is 16.7. The smallest absolute Gasteiger partial charge is 0.428 e. The van der Waals surface area contributed by atoms with Crippen molar-refractivity contribution in [2.24, 2.45) is 5.10 Å². The van der Waals surface area contributed by atoms with Crippen LogP contribution in [0.15, 0.2) is 35.4 Å². The van der Waals surface area contributed by atoms with Crippen molar-refractivity contribution in [1.82, 2.24) is 10.3 Å². The Morgan fingerprint density at radius 1 is 1.30 bits per heavy atom. The van der Waals surface area contributed by atoms with Gasteiger partial charge in [-0.05, 0) is 18.4 Å². The maximum Gasteiger partial charge on any atom is 0.428 e. The number of likely N-dealkylation sites (tertiary alicyclic amines) is 1. The van der Waals surface area contributed by atoms with E-state index in [9.17, 15) is 18.0 Å². The highest BCUT2D eigenvalue weighted by Crippen LogP contribution is 2.14. The van der Waals surface area contributed by atoms with Gasteiger partial charge in [-0.3, -0.25) is 0 Å². The molecular weight excluding hydrogens is 311 g/mol. The number of rotatable bonds is 4. The maximum absolute atomic E-state index is 11.9. The summed E-state index contributed by atoms with van der Waals surface area (Å²) in [7, 11) is 0. The van der Waals surface area contributed by atoms with Gasteiger partial charge >= 0.3 is 12.3 Å². The number of carbonyl (C=O) groups excluding carboxylic acids is 1. The van der Waals surface area contributed by atoms with Gasteiger partial charge in [0.15, 0.2) is 0 Å².